The number of nitrogens with zero attached hydrogens (tertiary/aromatic N) is 1. The molecular formula is C19H17ClN2O3. The molecule has 128 valence electrons. The van der Waals surface area contributed by atoms with Crippen molar-refractivity contribution in [3.63, 3.8) is 0 Å². The van der Waals surface area contributed by atoms with Crippen molar-refractivity contribution < 1.29 is 14.3 Å². The molecule has 3 rings (SSSR count). The van der Waals surface area contributed by atoms with Gasteiger partial charge in [0, 0.05) is 21.7 Å². The quantitative estimate of drug-likeness (QED) is 0.779. The Morgan fingerprint density at radius 2 is 1.84 bits per heavy atom. The van der Waals surface area contributed by atoms with Crippen molar-refractivity contribution in [1.29, 1.82) is 0 Å². The molecule has 0 spiro atoms. The van der Waals surface area contributed by atoms with Crippen LogP contribution < -0.4 is 10.5 Å². The molecule has 0 fully saturated rings. The first-order valence-corrected chi connectivity index (χ1v) is 8.07. The highest BCUT2D eigenvalue weighted by molar-refractivity contribution is 6.30. The van der Waals surface area contributed by atoms with E-state index in [1.54, 1.807) is 55.0 Å². The lowest BCUT2D eigenvalue weighted by atomic mass is 10.1. The van der Waals surface area contributed by atoms with E-state index in [0.29, 0.717) is 33.1 Å². The van der Waals surface area contributed by atoms with Gasteiger partial charge in [-0.2, -0.15) is 0 Å². The highest BCUT2D eigenvalue weighted by Gasteiger charge is 2.23. The topological polar surface area (TPSA) is 74.3 Å². The van der Waals surface area contributed by atoms with Crippen molar-refractivity contribution in [3.05, 3.63) is 64.3 Å². The second-order valence-electron chi connectivity index (χ2n) is 5.71. The number of hydrogen-bond acceptors (Lipinski definition) is 3. The molecule has 25 heavy (non-hydrogen) atoms. The molecule has 0 saturated heterocycles. The summed E-state index contributed by atoms with van der Waals surface area (Å²) in [6.45, 7) is 1.80. The van der Waals surface area contributed by atoms with Gasteiger partial charge in [-0.3, -0.25) is 14.2 Å². The Balaban J connectivity index is 2.28. The zero-order valence-corrected chi connectivity index (χ0v) is 14.6. The molecule has 0 aliphatic rings. The maximum atomic E-state index is 13.1. The van der Waals surface area contributed by atoms with Gasteiger partial charge in [-0.15, -0.1) is 0 Å². The molecule has 0 unspecified atom stereocenters. The Morgan fingerprint density at radius 3 is 2.44 bits per heavy atom. The minimum atomic E-state index is -0.466. The predicted octanol–water partition coefficient (Wildman–Crippen LogP) is 3.33. The van der Waals surface area contributed by atoms with Crippen LogP contribution in [0, 0.1) is 6.92 Å². The van der Waals surface area contributed by atoms with Gasteiger partial charge in [0.15, 0.2) is 0 Å². The average Bonchev–Trinajstić information content (AvgIpc) is 2.86. The Bertz CT molecular complexity index is 974. The van der Waals surface area contributed by atoms with Crippen molar-refractivity contribution in [2.45, 2.75) is 13.3 Å². The summed E-state index contributed by atoms with van der Waals surface area (Å²) in [6.07, 6.45) is 0.0314. The third kappa shape index (κ3) is 2.98. The molecule has 0 atom stereocenters. The van der Waals surface area contributed by atoms with E-state index in [9.17, 15) is 9.59 Å². The lowest BCUT2D eigenvalue weighted by Gasteiger charge is -2.08. The fraction of sp³-hybridized carbons (Fsp3) is 0.158. The monoisotopic (exact) mass is 356 g/mol. The molecule has 3 aromatic rings. The molecule has 2 aromatic carbocycles. The van der Waals surface area contributed by atoms with Gasteiger partial charge in [0.05, 0.1) is 19.0 Å². The number of carbonyl (C=O) groups excluding carboxylic acids is 2. The first-order valence-electron chi connectivity index (χ1n) is 7.69. The molecule has 0 bridgehead atoms. The van der Waals surface area contributed by atoms with Gasteiger partial charge in [0.25, 0.3) is 5.91 Å². The van der Waals surface area contributed by atoms with Gasteiger partial charge in [-0.25, -0.2) is 0 Å². The summed E-state index contributed by atoms with van der Waals surface area (Å²) in [5.74, 6) is -0.0744. The van der Waals surface area contributed by atoms with Crippen LogP contribution in [0.15, 0.2) is 42.5 Å². The second kappa shape index (κ2) is 6.61. The van der Waals surface area contributed by atoms with Crippen LogP contribution in [0.25, 0.3) is 10.9 Å². The fourth-order valence-electron chi connectivity index (χ4n) is 3.05. The summed E-state index contributed by atoms with van der Waals surface area (Å²) < 4.78 is 7.01. The summed E-state index contributed by atoms with van der Waals surface area (Å²) >= 11 is 5.90. The number of fused-ring (bicyclic) bond motifs is 1. The van der Waals surface area contributed by atoms with Crippen molar-refractivity contribution >= 4 is 34.3 Å². The number of primary amides is 1. The maximum Gasteiger partial charge on any atom is 0.262 e. The average molecular weight is 357 g/mol. The number of methoxy groups -OCH3 is 1. The molecule has 0 aliphatic carbocycles. The van der Waals surface area contributed by atoms with Crippen LogP contribution in [0.5, 0.6) is 5.75 Å². The van der Waals surface area contributed by atoms with Crippen LogP contribution >= 0.6 is 11.6 Å². The van der Waals surface area contributed by atoms with E-state index in [0.717, 1.165) is 5.39 Å². The lowest BCUT2D eigenvalue weighted by Crippen LogP contribution is -2.16. The van der Waals surface area contributed by atoms with E-state index in [2.05, 4.69) is 0 Å². The normalized spacial score (nSPS) is 10.8. The van der Waals surface area contributed by atoms with Crippen LogP contribution in [0.3, 0.4) is 0 Å². The Labute approximate surface area is 149 Å². The maximum absolute atomic E-state index is 13.1. The van der Waals surface area contributed by atoms with Gasteiger partial charge < -0.3 is 10.5 Å². The summed E-state index contributed by atoms with van der Waals surface area (Å²) in [5.41, 5.74) is 7.93. The molecule has 0 radical (unpaired) electrons. The van der Waals surface area contributed by atoms with Gasteiger partial charge in [-0.1, -0.05) is 17.7 Å². The van der Waals surface area contributed by atoms with E-state index in [4.69, 9.17) is 22.1 Å². The molecule has 0 aliphatic heterocycles. The Kier molecular flexibility index (Phi) is 4.51. The summed E-state index contributed by atoms with van der Waals surface area (Å²) in [4.78, 5) is 24.6. The second-order valence-corrected chi connectivity index (χ2v) is 6.15. The van der Waals surface area contributed by atoms with Gasteiger partial charge in [-0.05, 0) is 48.9 Å². The number of amides is 1. The lowest BCUT2D eigenvalue weighted by molar-refractivity contribution is -0.117. The number of nitrogens with two attached hydrogens (primary N) is 1. The number of carbonyl (C=O) groups is 2. The van der Waals surface area contributed by atoms with Gasteiger partial charge in [0.1, 0.15) is 5.75 Å². The minimum absolute atomic E-state index is 0.0314. The Hall–Kier alpha value is -2.79. The molecule has 6 heteroatoms. The fourth-order valence-corrected chi connectivity index (χ4v) is 3.18. The Morgan fingerprint density at radius 1 is 1.16 bits per heavy atom. The standard InChI is InChI=1S/C19H17ClN2O3/c1-11-14(10-17(21)23)18-15(4-3-5-16(18)25-2)22(11)19(24)12-6-8-13(20)9-7-12/h3-9H,10H2,1-2H3,(H2,21,23). The SMILES string of the molecule is COc1cccc2c1c(CC(N)=O)c(C)n2C(=O)c1ccc(Cl)cc1. The molecule has 1 heterocycles. The van der Waals surface area contributed by atoms with Crippen LogP contribution in [0.4, 0.5) is 0 Å². The summed E-state index contributed by atoms with van der Waals surface area (Å²) in [6, 6.07) is 12.1. The van der Waals surface area contributed by atoms with E-state index >= 15 is 0 Å². The number of aromatic nitrogens is 1. The summed E-state index contributed by atoms with van der Waals surface area (Å²) in [5, 5.41) is 1.28. The molecule has 0 saturated carbocycles. The van der Waals surface area contributed by atoms with Crippen molar-refractivity contribution in [2.24, 2.45) is 5.73 Å². The molecule has 1 aromatic heterocycles. The van der Waals surface area contributed by atoms with Crippen molar-refractivity contribution in [2.75, 3.05) is 7.11 Å². The summed E-state index contributed by atoms with van der Waals surface area (Å²) in [7, 11) is 1.55. The van der Waals surface area contributed by atoms with E-state index in [-0.39, 0.29) is 12.3 Å². The first kappa shape index (κ1) is 17.0. The smallest absolute Gasteiger partial charge is 0.262 e. The third-order valence-corrected chi connectivity index (χ3v) is 4.44. The van der Waals surface area contributed by atoms with E-state index in [1.165, 1.54) is 0 Å². The number of rotatable bonds is 4. The van der Waals surface area contributed by atoms with Crippen molar-refractivity contribution in [1.82, 2.24) is 4.57 Å². The van der Waals surface area contributed by atoms with Crippen LogP contribution in [0.1, 0.15) is 21.6 Å². The van der Waals surface area contributed by atoms with Crippen LogP contribution in [0.2, 0.25) is 5.02 Å². The molecular weight excluding hydrogens is 340 g/mol. The van der Waals surface area contributed by atoms with Crippen molar-refractivity contribution in [3.8, 4) is 5.75 Å². The highest BCUT2D eigenvalue weighted by Crippen LogP contribution is 2.34. The molecule has 5 nitrogen and oxygen atoms in total. The molecule has 1 amide bonds. The van der Waals surface area contributed by atoms with Gasteiger partial charge >= 0.3 is 0 Å². The highest BCUT2D eigenvalue weighted by atomic mass is 35.5. The largest absolute Gasteiger partial charge is 0.496 e. The first-order chi connectivity index (χ1) is 11.9. The number of benzene rings is 2. The number of halogens is 1. The molecule has 2 N–H and O–H groups in total. The zero-order chi connectivity index (χ0) is 18.1. The van der Waals surface area contributed by atoms with Crippen LogP contribution in [-0.4, -0.2) is 23.5 Å². The van der Waals surface area contributed by atoms with Gasteiger partial charge in [0.2, 0.25) is 5.91 Å². The predicted molar refractivity (Wildman–Crippen MR) is 97.3 cm³/mol. The number of ether oxygens (including phenoxy) is 1. The van der Waals surface area contributed by atoms with E-state index < -0.39 is 5.91 Å². The number of hydrogen-bond donors (Lipinski definition) is 1. The minimum Gasteiger partial charge on any atom is -0.496 e. The third-order valence-electron chi connectivity index (χ3n) is 4.18. The van der Waals surface area contributed by atoms with E-state index in [1.807, 2.05) is 6.07 Å². The van der Waals surface area contributed by atoms with Crippen LogP contribution in [-0.2, 0) is 11.2 Å². The zero-order valence-electron chi connectivity index (χ0n) is 13.9.